The first-order valence-corrected chi connectivity index (χ1v) is 8.67. The van der Waals surface area contributed by atoms with Crippen LogP contribution in [-0.4, -0.2) is 18.6 Å². The van der Waals surface area contributed by atoms with E-state index in [4.69, 9.17) is 4.74 Å². The highest BCUT2D eigenvalue weighted by atomic mass is 16.5. The Morgan fingerprint density at radius 1 is 1.18 bits per heavy atom. The van der Waals surface area contributed by atoms with Crippen LogP contribution in [0, 0.1) is 11.8 Å². The van der Waals surface area contributed by atoms with Crippen molar-refractivity contribution in [3.8, 4) is 5.75 Å². The van der Waals surface area contributed by atoms with Crippen LogP contribution in [-0.2, 0) is 17.6 Å². The van der Waals surface area contributed by atoms with E-state index in [1.807, 2.05) is 6.07 Å². The Bertz CT molecular complexity index is 540. The number of hydrogen-bond donors (Lipinski definition) is 1. The molecule has 3 atom stereocenters. The van der Waals surface area contributed by atoms with E-state index in [0.717, 1.165) is 18.6 Å². The van der Waals surface area contributed by atoms with Gasteiger partial charge in [0.2, 0.25) is 0 Å². The number of benzene rings is 1. The first kappa shape index (κ1) is 15.4. The molecule has 1 saturated carbocycles. The fourth-order valence-corrected chi connectivity index (χ4v) is 3.82. The molecule has 0 unspecified atom stereocenters. The van der Waals surface area contributed by atoms with E-state index in [0.29, 0.717) is 17.9 Å². The van der Waals surface area contributed by atoms with Crippen LogP contribution in [0.3, 0.4) is 0 Å². The SMILES string of the molecule is C[C@H]1[C@H](C)CCC[C@@H]1NC(=O)COc1ccc2c(c1)CCC2. The Hall–Kier alpha value is -1.51. The van der Waals surface area contributed by atoms with Gasteiger partial charge in [0, 0.05) is 6.04 Å². The Balaban J connectivity index is 1.50. The zero-order valence-corrected chi connectivity index (χ0v) is 13.7. The van der Waals surface area contributed by atoms with Crippen molar-refractivity contribution in [2.75, 3.05) is 6.61 Å². The molecule has 22 heavy (non-hydrogen) atoms. The number of carbonyl (C=O) groups is 1. The molecule has 0 bridgehead atoms. The van der Waals surface area contributed by atoms with Crippen molar-refractivity contribution in [2.24, 2.45) is 11.8 Å². The van der Waals surface area contributed by atoms with Crippen LogP contribution >= 0.6 is 0 Å². The van der Waals surface area contributed by atoms with Gasteiger partial charge in [0.1, 0.15) is 5.75 Å². The largest absolute Gasteiger partial charge is 0.484 e. The maximum atomic E-state index is 12.1. The molecule has 0 saturated heterocycles. The van der Waals surface area contributed by atoms with Crippen molar-refractivity contribution >= 4 is 5.91 Å². The van der Waals surface area contributed by atoms with Gasteiger partial charge in [0.05, 0.1) is 0 Å². The summed E-state index contributed by atoms with van der Waals surface area (Å²) in [6, 6.07) is 6.53. The summed E-state index contributed by atoms with van der Waals surface area (Å²) >= 11 is 0. The lowest BCUT2D eigenvalue weighted by molar-refractivity contribution is -0.124. The summed E-state index contributed by atoms with van der Waals surface area (Å²) in [7, 11) is 0. The minimum atomic E-state index is 0.00597. The number of carbonyl (C=O) groups excluding carboxylic acids is 1. The van der Waals surface area contributed by atoms with E-state index < -0.39 is 0 Å². The van der Waals surface area contributed by atoms with Crippen LogP contribution in [0.15, 0.2) is 18.2 Å². The molecule has 3 rings (SSSR count). The first-order valence-electron chi connectivity index (χ1n) is 8.67. The molecule has 1 N–H and O–H groups in total. The Morgan fingerprint density at radius 2 is 2.00 bits per heavy atom. The predicted molar refractivity (Wildman–Crippen MR) is 88.1 cm³/mol. The first-order chi connectivity index (χ1) is 10.6. The molecule has 3 heteroatoms. The quantitative estimate of drug-likeness (QED) is 0.924. The number of ether oxygens (including phenoxy) is 1. The van der Waals surface area contributed by atoms with Gasteiger partial charge in [0.25, 0.3) is 5.91 Å². The van der Waals surface area contributed by atoms with Gasteiger partial charge in [-0.05, 0) is 60.8 Å². The molecule has 1 amide bonds. The summed E-state index contributed by atoms with van der Waals surface area (Å²) in [5.41, 5.74) is 2.81. The summed E-state index contributed by atoms with van der Waals surface area (Å²) in [4.78, 5) is 12.1. The topological polar surface area (TPSA) is 38.3 Å². The van der Waals surface area contributed by atoms with Gasteiger partial charge in [-0.1, -0.05) is 32.8 Å². The molecule has 1 fully saturated rings. The van der Waals surface area contributed by atoms with Crippen LogP contribution in [0.25, 0.3) is 0 Å². The van der Waals surface area contributed by atoms with Crippen LogP contribution in [0.1, 0.15) is 50.7 Å². The molecule has 2 aliphatic carbocycles. The van der Waals surface area contributed by atoms with Gasteiger partial charge in [-0.2, -0.15) is 0 Å². The van der Waals surface area contributed by atoms with Crippen molar-refractivity contribution in [2.45, 2.75) is 58.4 Å². The minimum absolute atomic E-state index is 0.00597. The molecule has 0 aliphatic heterocycles. The van der Waals surface area contributed by atoms with Crippen molar-refractivity contribution in [1.29, 1.82) is 0 Å². The average molecular weight is 301 g/mol. The van der Waals surface area contributed by atoms with Gasteiger partial charge in [0.15, 0.2) is 6.61 Å². The highest BCUT2D eigenvalue weighted by Gasteiger charge is 2.28. The van der Waals surface area contributed by atoms with Crippen LogP contribution in [0.2, 0.25) is 0 Å². The van der Waals surface area contributed by atoms with E-state index >= 15 is 0 Å². The van der Waals surface area contributed by atoms with Gasteiger partial charge < -0.3 is 10.1 Å². The number of amides is 1. The normalized spacial score (nSPS) is 27.3. The zero-order chi connectivity index (χ0) is 15.5. The third kappa shape index (κ3) is 3.45. The molecule has 0 heterocycles. The van der Waals surface area contributed by atoms with Gasteiger partial charge in [-0.25, -0.2) is 0 Å². The number of rotatable bonds is 4. The number of hydrogen-bond acceptors (Lipinski definition) is 2. The van der Waals surface area contributed by atoms with Gasteiger partial charge >= 0.3 is 0 Å². The summed E-state index contributed by atoms with van der Waals surface area (Å²) in [6.45, 7) is 4.65. The van der Waals surface area contributed by atoms with Crippen molar-refractivity contribution in [3.63, 3.8) is 0 Å². The summed E-state index contributed by atoms with van der Waals surface area (Å²) < 4.78 is 5.68. The third-order valence-electron chi connectivity index (χ3n) is 5.49. The average Bonchev–Trinajstić information content (AvgIpc) is 2.97. The second-order valence-corrected chi connectivity index (χ2v) is 7.01. The smallest absolute Gasteiger partial charge is 0.258 e. The lowest BCUT2D eigenvalue weighted by atomic mass is 9.78. The highest BCUT2D eigenvalue weighted by molar-refractivity contribution is 5.77. The number of fused-ring (bicyclic) bond motifs is 1. The van der Waals surface area contributed by atoms with Crippen molar-refractivity contribution < 1.29 is 9.53 Å². The van der Waals surface area contributed by atoms with E-state index in [1.54, 1.807) is 0 Å². The monoisotopic (exact) mass is 301 g/mol. The lowest BCUT2D eigenvalue weighted by Gasteiger charge is -2.34. The maximum Gasteiger partial charge on any atom is 0.258 e. The zero-order valence-electron chi connectivity index (χ0n) is 13.7. The van der Waals surface area contributed by atoms with E-state index in [9.17, 15) is 4.79 Å². The van der Waals surface area contributed by atoms with Crippen LogP contribution in [0.5, 0.6) is 5.75 Å². The molecular weight excluding hydrogens is 274 g/mol. The Labute approximate surface area is 133 Å². The number of nitrogens with one attached hydrogen (secondary N) is 1. The molecule has 1 aromatic carbocycles. The summed E-state index contributed by atoms with van der Waals surface area (Å²) in [5, 5.41) is 3.16. The highest BCUT2D eigenvalue weighted by Crippen LogP contribution is 2.29. The molecule has 1 aromatic rings. The van der Waals surface area contributed by atoms with Crippen LogP contribution in [0.4, 0.5) is 0 Å². The second-order valence-electron chi connectivity index (χ2n) is 7.01. The van der Waals surface area contributed by atoms with Gasteiger partial charge in [-0.15, -0.1) is 0 Å². The second kappa shape index (κ2) is 6.72. The molecular formula is C19H27NO2. The van der Waals surface area contributed by atoms with E-state index in [1.165, 1.54) is 36.8 Å². The fraction of sp³-hybridized carbons (Fsp3) is 0.632. The Morgan fingerprint density at radius 3 is 2.86 bits per heavy atom. The molecule has 0 aromatic heterocycles. The van der Waals surface area contributed by atoms with Crippen LogP contribution < -0.4 is 10.1 Å². The maximum absolute atomic E-state index is 12.1. The summed E-state index contributed by atoms with van der Waals surface area (Å²) in [5.74, 6) is 2.07. The fourth-order valence-electron chi connectivity index (χ4n) is 3.82. The van der Waals surface area contributed by atoms with E-state index in [2.05, 4.69) is 31.3 Å². The van der Waals surface area contributed by atoms with Gasteiger partial charge in [-0.3, -0.25) is 4.79 Å². The summed E-state index contributed by atoms with van der Waals surface area (Å²) in [6.07, 6.45) is 7.12. The van der Waals surface area contributed by atoms with Crippen molar-refractivity contribution in [1.82, 2.24) is 5.32 Å². The molecule has 3 nitrogen and oxygen atoms in total. The minimum Gasteiger partial charge on any atom is -0.484 e. The molecule has 120 valence electrons. The Kier molecular flexibility index (Phi) is 4.70. The lowest BCUT2D eigenvalue weighted by Crippen LogP contribution is -2.45. The number of aryl methyl sites for hydroxylation is 2. The molecule has 0 radical (unpaired) electrons. The van der Waals surface area contributed by atoms with Crippen molar-refractivity contribution in [3.05, 3.63) is 29.3 Å². The molecule has 0 spiro atoms. The predicted octanol–water partition coefficient (Wildman–Crippen LogP) is 3.50. The van der Waals surface area contributed by atoms with E-state index in [-0.39, 0.29) is 12.5 Å². The third-order valence-corrected chi connectivity index (χ3v) is 5.49. The standard InChI is InChI=1S/C19H27NO2/c1-13-5-3-8-18(14(13)2)20-19(21)12-22-17-10-9-15-6-4-7-16(15)11-17/h9-11,13-14,18H,3-8,12H2,1-2H3,(H,20,21)/t13-,14+,18+/m1/s1. The molecule has 2 aliphatic rings.